The number of amides is 1. The number of aryl methyl sites for hydroxylation is 1. The van der Waals surface area contributed by atoms with Gasteiger partial charge >= 0.3 is 6.36 Å². The van der Waals surface area contributed by atoms with Crippen molar-refractivity contribution in [2.75, 3.05) is 5.32 Å². The number of halogens is 4. The molecule has 3 aromatic rings. The summed E-state index contributed by atoms with van der Waals surface area (Å²) in [5, 5.41) is 6.23. The summed E-state index contributed by atoms with van der Waals surface area (Å²) in [6.07, 6.45) is -4.73. The van der Waals surface area contributed by atoms with E-state index in [1.807, 2.05) is 0 Å². The topological polar surface area (TPSA) is 77.2 Å². The number of nitrogens with one attached hydrogen (secondary N) is 1. The smallest absolute Gasteiger partial charge is 0.406 e. The maximum absolute atomic E-state index is 12.9. The molecule has 1 N–H and O–H groups in total. The van der Waals surface area contributed by atoms with Gasteiger partial charge in [-0.25, -0.2) is 4.39 Å². The standard InChI is InChI=1S/C18H13F4N3O3/c19-12-6-4-11(5-7-12)17-24-16(28-25-17)9-8-15(26)23-13-2-1-3-14(10-13)27-18(20,21)22/h1-7,10H,8-9H2,(H,23,26). The van der Waals surface area contributed by atoms with Gasteiger partial charge in [-0.15, -0.1) is 13.2 Å². The molecular formula is C18H13F4N3O3. The first-order valence-corrected chi connectivity index (χ1v) is 8.03. The SMILES string of the molecule is O=C(CCc1nc(-c2ccc(F)cc2)no1)Nc1cccc(OC(F)(F)F)c1. The molecule has 0 unspecified atom stereocenters. The van der Waals surface area contributed by atoms with Crippen molar-refractivity contribution in [1.82, 2.24) is 10.1 Å². The van der Waals surface area contributed by atoms with E-state index in [-0.39, 0.29) is 30.2 Å². The van der Waals surface area contributed by atoms with E-state index in [9.17, 15) is 22.4 Å². The molecule has 0 aliphatic carbocycles. The van der Waals surface area contributed by atoms with Gasteiger partial charge in [0, 0.05) is 30.2 Å². The summed E-state index contributed by atoms with van der Waals surface area (Å²) in [5.41, 5.74) is 0.714. The van der Waals surface area contributed by atoms with E-state index in [2.05, 4.69) is 20.2 Å². The van der Waals surface area contributed by atoms with Crippen LogP contribution in [0.15, 0.2) is 53.1 Å². The van der Waals surface area contributed by atoms with Gasteiger partial charge < -0.3 is 14.6 Å². The van der Waals surface area contributed by atoms with Gasteiger partial charge in [-0.05, 0) is 36.4 Å². The number of hydrogen-bond acceptors (Lipinski definition) is 5. The van der Waals surface area contributed by atoms with E-state index in [0.29, 0.717) is 5.56 Å². The first-order valence-electron chi connectivity index (χ1n) is 8.03. The Hall–Kier alpha value is -3.43. The van der Waals surface area contributed by atoms with Gasteiger partial charge in [0.1, 0.15) is 11.6 Å². The Morgan fingerprint density at radius 2 is 1.89 bits per heavy atom. The van der Waals surface area contributed by atoms with E-state index < -0.39 is 23.8 Å². The van der Waals surface area contributed by atoms with E-state index in [0.717, 1.165) is 12.1 Å². The summed E-state index contributed by atoms with van der Waals surface area (Å²) >= 11 is 0. The lowest BCUT2D eigenvalue weighted by Crippen LogP contribution is -2.17. The van der Waals surface area contributed by atoms with Crippen LogP contribution in [0.5, 0.6) is 5.75 Å². The number of aromatic nitrogens is 2. The average molecular weight is 395 g/mol. The number of carbonyl (C=O) groups is 1. The van der Waals surface area contributed by atoms with Crippen LogP contribution in [-0.2, 0) is 11.2 Å². The van der Waals surface area contributed by atoms with E-state index in [4.69, 9.17) is 4.52 Å². The Balaban J connectivity index is 1.55. The Bertz CT molecular complexity index is 955. The van der Waals surface area contributed by atoms with Crippen LogP contribution >= 0.6 is 0 Å². The predicted octanol–water partition coefficient (Wildman–Crippen LogP) is 4.35. The first-order chi connectivity index (χ1) is 13.3. The molecule has 2 aromatic carbocycles. The van der Waals surface area contributed by atoms with Crippen molar-refractivity contribution >= 4 is 11.6 Å². The van der Waals surface area contributed by atoms with Crippen LogP contribution in [0.3, 0.4) is 0 Å². The fourth-order valence-electron chi connectivity index (χ4n) is 2.29. The summed E-state index contributed by atoms with van der Waals surface area (Å²) in [4.78, 5) is 16.1. The van der Waals surface area contributed by atoms with Crippen LogP contribution < -0.4 is 10.1 Å². The minimum atomic E-state index is -4.82. The zero-order valence-corrected chi connectivity index (χ0v) is 14.2. The molecule has 0 aliphatic heterocycles. The van der Waals surface area contributed by atoms with Crippen LogP contribution in [0, 0.1) is 5.82 Å². The third kappa shape index (κ3) is 5.53. The molecule has 6 nitrogen and oxygen atoms in total. The molecule has 146 valence electrons. The quantitative estimate of drug-likeness (QED) is 0.628. The molecule has 1 heterocycles. The molecule has 28 heavy (non-hydrogen) atoms. The van der Waals surface area contributed by atoms with E-state index in [1.54, 1.807) is 0 Å². The van der Waals surface area contributed by atoms with Gasteiger partial charge in [-0.1, -0.05) is 11.2 Å². The van der Waals surface area contributed by atoms with Crippen LogP contribution in [0.4, 0.5) is 23.2 Å². The third-order valence-electron chi connectivity index (χ3n) is 3.49. The van der Waals surface area contributed by atoms with Crippen LogP contribution in [0.1, 0.15) is 12.3 Å². The second-order valence-electron chi connectivity index (χ2n) is 5.64. The molecule has 0 saturated carbocycles. The zero-order valence-electron chi connectivity index (χ0n) is 14.2. The van der Waals surface area contributed by atoms with E-state index in [1.165, 1.54) is 36.4 Å². The van der Waals surface area contributed by atoms with Crippen molar-refractivity contribution < 1.29 is 31.6 Å². The van der Waals surface area contributed by atoms with Gasteiger partial charge in [0.15, 0.2) is 0 Å². The monoisotopic (exact) mass is 395 g/mol. The molecule has 10 heteroatoms. The van der Waals surface area contributed by atoms with Crippen molar-refractivity contribution in [3.63, 3.8) is 0 Å². The molecule has 0 atom stereocenters. The molecule has 0 radical (unpaired) electrons. The van der Waals surface area contributed by atoms with Crippen LogP contribution in [-0.4, -0.2) is 22.4 Å². The maximum atomic E-state index is 12.9. The average Bonchev–Trinajstić information content (AvgIpc) is 3.08. The fourth-order valence-corrected chi connectivity index (χ4v) is 2.29. The summed E-state index contributed by atoms with van der Waals surface area (Å²) in [6.45, 7) is 0. The Morgan fingerprint density at radius 1 is 1.14 bits per heavy atom. The van der Waals surface area contributed by atoms with Gasteiger partial charge in [0.05, 0.1) is 0 Å². The minimum absolute atomic E-state index is 0.0323. The van der Waals surface area contributed by atoms with Crippen molar-refractivity contribution in [2.24, 2.45) is 0 Å². The summed E-state index contributed by atoms with van der Waals surface area (Å²) in [5.74, 6) is -0.832. The van der Waals surface area contributed by atoms with Crippen molar-refractivity contribution in [2.45, 2.75) is 19.2 Å². The number of alkyl halides is 3. The highest BCUT2D eigenvalue weighted by Gasteiger charge is 2.31. The second kappa shape index (κ2) is 8.07. The second-order valence-corrected chi connectivity index (χ2v) is 5.64. The van der Waals surface area contributed by atoms with Gasteiger partial charge in [-0.2, -0.15) is 4.98 Å². The summed E-state index contributed by atoms with van der Waals surface area (Å²) in [6, 6.07) is 10.4. The molecule has 3 rings (SSSR count). The van der Waals surface area contributed by atoms with Gasteiger partial charge in [-0.3, -0.25) is 4.79 Å². The molecule has 1 amide bonds. The molecule has 0 bridgehead atoms. The fraction of sp³-hybridized carbons (Fsp3) is 0.167. The van der Waals surface area contributed by atoms with Crippen molar-refractivity contribution in [1.29, 1.82) is 0 Å². The lowest BCUT2D eigenvalue weighted by atomic mass is 10.2. The number of rotatable bonds is 6. The van der Waals surface area contributed by atoms with Crippen molar-refractivity contribution in [3.8, 4) is 17.1 Å². The molecule has 0 spiro atoms. The normalized spacial score (nSPS) is 11.3. The number of carbonyl (C=O) groups excluding carboxylic acids is 1. The minimum Gasteiger partial charge on any atom is -0.406 e. The number of nitrogens with zero attached hydrogens (tertiary/aromatic N) is 2. The number of benzene rings is 2. The Labute approximate surface area is 156 Å². The van der Waals surface area contributed by atoms with Crippen LogP contribution in [0.25, 0.3) is 11.4 Å². The lowest BCUT2D eigenvalue weighted by molar-refractivity contribution is -0.274. The molecule has 0 aliphatic rings. The highest BCUT2D eigenvalue weighted by atomic mass is 19.4. The van der Waals surface area contributed by atoms with Gasteiger partial charge in [0.2, 0.25) is 17.6 Å². The number of ether oxygens (including phenoxy) is 1. The predicted molar refractivity (Wildman–Crippen MR) is 89.8 cm³/mol. The molecule has 0 fully saturated rings. The van der Waals surface area contributed by atoms with Gasteiger partial charge in [0.25, 0.3) is 0 Å². The maximum Gasteiger partial charge on any atom is 0.573 e. The zero-order chi connectivity index (χ0) is 20.1. The Morgan fingerprint density at radius 3 is 2.61 bits per heavy atom. The third-order valence-corrected chi connectivity index (χ3v) is 3.49. The molecule has 0 saturated heterocycles. The first kappa shape index (κ1) is 19.3. The molecular weight excluding hydrogens is 382 g/mol. The summed E-state index contributed by atoms with van der Waals surface area (Å²) in [7, 11) is 0. The Kier molecular flexibility index (Phi) is 5.57. The number of hydrogen-bond donors (Lipinski definition) is 1. The largest absolute Gasteiger partial charge is 0.573 e. The van der Waals surface area contributed by atoms with Crippen LogP contribution in [0.2, 0.25) is 0 Å². The lowest BCUT2D eigenvalue weighted by Gasteiger charge is -2.10. The number of anilines is 1. The van der Waals surface area contributed by atoms with Crippen molar-refractivity contribution in [3.05, 3.63) is 60.2 Å². The molecule has 1 aromatic heterocycles. The van der Waals surface area contributed by atoms with E-state index >= 15 is 0 Å². The summed E-state index contributed by atoms with van der Waals surface area (Å²) < 4.78 is 58.5. The highest BCUT2D eigenvalue weighted by Crippen LogP contribution is 2.25. The highest BCUT2D eigenvalue weighted by molar-refractivity contribution is 5.90.